The molecule has 2 aliphatic rings. The van der Waals surface area contributed by atoms with E-state index in [9.17, 15) is 13.2 Å². The van der Waals surface area contributed by atoms with Gasteiger partial charge in [-0.15, -0.1) is 0 Å². The minimum Gasteiger partial charge on any atom is -0.166 e. The number of rotatable bonds is 2. The Morgan fingerprint density at radius 3 is 2.56 bits per heavy atom. The fourth-order valence-electron chi connectivity index (χ4n) is 2.11. The summed E-state index contributed by atoms with van der Waals surface area (Å²) in [6, 6.07) is 5.52. The van der Waals surface area contributed by atoms with Crippen molar-refractivity contribution in [2.75, 3.05) is 0 Å². The van der Waals surface area contributed by atoms with E-state index < -0.39 is 11.7 Å². The van der Waals surface area contributed by atoms with E-state index in [1.807, 2.05) is 0 Å². The van der Waals surface area contributed by atoms with E-state index in [-0.39, 0.29) is 5.56 Å². The molecule has 1 aliphatic carbocycles. The summed E-state index contributed by atoms with van der Waals surface area (Å²) >= 11 is 0. The molecule has 0 bridgehead atoms. The van der Waals surface area contributed by atoms with Crippen LogP contribution in [0.2, 0.25) is 0 Å². The van der Waals surface area contributed by atoms with Gasteiger partial charge in [0, 0.05) is 5.56 Å². The van der Waals surface area contributed by atoms with Crippen LogP contribution in [0.5, 0.6) is 0 Å². The third-order valence-corrected chi connectivity index (χ3v) is 3.13. The summed E-state index contributed by atoms with van der Waals surface area (Å²) in [5.74, 6) is 0.330. The summed E-state index contributed by atoms with van der Waals surface area (Å²) in [5.41, 5.74) is 0.703. The van der Waals surface area contributed by atoms with Gasteiger partial charge in [0.1, 0.15) is 5.11 Å². The van der Waals surface area contributed by atoms with Gasteiger partial charge in [-0.2, -0.15) is 13.2 Å². The molecule has 1 heterocycles. The molecule has 1 saturated carbocycles. The van der Waals surface area contributed by atoms with Gasteiger partial charge >= 0.3 is 12.4 Å². The summed E-state index contributed by atoms with van der Waals surface area (Å²) in [6.45, 7) is 0. The van der Waals surface area contributed by atoms with Crippen molar-refractivity contribution in [3.8, 4) is 0 Å². The van der Waals surface area contributed by atoms with Crippen LogP contribution in [0.3, 0.4) is 0 Å². The smallest absolute Gasteiger partial charge is 0.166 e. The molecule has 5 heteroatoms. The SMILES string of the molecule is FC(F)(F)c1ccccc1C1=C(C2CC2)C=[N+]=N1. The highest BCUT2D eigenvalue weighted by Gasteiger charge is 2.39. The Labute approximate surface area is 102 Å². The molecule has 0 N–H and O–H groups in total. The van der Waals surface area contributed by atoms with Crippen LogP contribution in [0.15, 0.2) is 35.0 Å². The second-order valence-corrected chi connectivity index (χ2v) is 4.47. The highest BCUT2D eigenvalue weighted by atomic mass is 19.4. The van der Waals surface area contributed by atoms with Crippen molar-refractivity contribution in [2.45, 2.75) is 19.0 Å². The molecule has 0 unspecified atom stereocenters. The number of alkyl halides is 3. The van der Waals surface area contributed by atoms with Crippen molar-refractivity contribution in [3.05, 3.63) is 41.0 Å². The number of nitrogens with zero attached hydrogens (tertiary/aromatic N) is 2. The molecule has 2 nitrogen and oxygen atoms in total. The predicted octanol–water partition coefficient (Wildman–Crippen LogP) is 3.57. The molecule has 1 aromatic rings. The predicted molar refractivity (Wildman–Crippen MR) is 59.8 cm³/mol. The molecule has 1 fully saturated rings. The van der Waals surface area contributed by atoms with Gasteiger partial charge in [-0.05, 0) is 24.8 Å². The number of hydrogen-bond acceptors (Lipinski definition) is 1. The van der Waals surface area contributed by atoms with Crippen LogP contribution < -0.4 is 0 Å². The lowest BCUT2D eigenvalue weighted by molar-refractivity contribution is -0.137. The molecule has 0 aromatic heterocycles. The lowest BCUT2D eigenvalue weighted by Crippen LogP contribution is -2.08. The van der Waals surface area contributed by atoms with Crippen molar-refractivity contribution >= 4 is 11.9 Å². The summed E-state index contributed by atoms with van der Waals surface area (Å²) < 4.78 is 38.8. The maximum atomic E-state index is 12.9. The van der Waals surface area contributed by atoms with Gasteiger partial charge in [0.2, 0.25) is 0 Å². The zero-order chi connectivity index (χ0) is 12.8. The van der Waals surface area contributed by atoms with Crippen LogP contribution in [0.4, 0.5) is 13.2 Å². The van der Waals surface area contributed by atoms with Crippen LogP contribution in [0.1, 0.15) is 24.0 Å². The molecular formula is C13H10F3N2+. The van der Waals surface area contributed by atoms with Gasteiger partial charge in [-0.1, -0.05) is 18.2 Å². The average Bonchev–Trinajstić information content (AvgIpc) is 3.06. The Morgan fingerprint density at radius 2 is 1.89 bits per heavy atom. The summed E-state index contributed by atoms with van der Waals surface area (Å²) in [4.78, 5) is 3.77. The van der Waals surface area contributed by atoms with Gasteiger partial charge in [0.25, 0.3) is 0 Å². The van der Waals surface area contributed by atoms with Gasteiger partial charge in [0.05, 0.1) is 15.9 Å². The minimum atomic E-state index is -4.36. The highest BCUT2D eigenvalue weighted by molar-refractivity contribution is 5.91. The number of halogens is 3. The van der Waals surface area contributed by atoms with Crippen LogP contribution in [-0.2, 0) is 6.18 Å². The zero-order valence-corrected chi connectivity index (χ0v) is 9.41. The van der Waals surface area contributed by atoms with Gasteiger partial charge in [-0.3, -0.25) is 0 Å². The molecule has 0 amide bonds. The summed E-state index contributed by atoms with van der Waals surface area (Å²) in [6.07, 6.45) is -0.764. The normalized spacial score (nSPS) is 18.8. The first kappa shape index (κ1) is 11.2. The fraction of sp³-hybridized carbons (Fsp3) is 0.308. The van der Waals surface area contributed by atoms with Crippen LogP contribution in [-0.4, -0.2) is 11.0 Å². The molecule has 0 saturated heterocycles. The molecule has 92 valence electrons. The number of benzene rings is 1. The van der Waals surface area contributed by atoms with E-state index in [0.29, 0.717) is 11.6 Å². The summed E-state index contributed by atoms with van der Waals surface area (Å²) in [5, 5.41) is 3.87. The molecule has 0 radical (unpaired) electrons. The van der Waals surface area contributed by atoms with Crippen molar-refractivity contribution in [1.29, 1.82) is 0 Å². The van der Waals surface area contributed by atoms with Crippen LogP contribution in [0, 0.1) is 5.92 Å². The summed E-state index contributed by atoms with van der Waals surface area (Å²) in [7, 11) is 0. The van der Waals surface area contributed by atoms with E-state index in [0.717, 1.165) is 24.5 Å². The van der Waals surface area contributed by atoms with Crippen molar-refractivity contribution in [3.63, 3.8) is 0 Å². The molecule has 1 aromatic carbocycles. The van der Waals surface area contributed by atoms with Crippen LogP contribution >= 0.6 is 0 Å². The molecule has 1 aliphatic heterocycles. The quantitative estimate of drug-likeness (QED) is 0.718. The largest absolute Gasteiger partial charge is 0.417 e. The Bertz CT molecular complexity index is 588. The number of hydrogen-bond donors (Lipinski definition) is 0. The van der Waals surface area contributed by atoms with Gasteiger partial charge < -0.3 is 0 Å². The minimum absolute atomic E-state index is 0.129. The molecule has 0 atom stereocenters. The maximum absolute atomic E-state index is 12.9. The highest BCUT2D eigenvalue weighted by Crippen LogP contribution is 2.43. The lowest BCUT2D eigenvalue weighted by atomic mass is 9.99. The van der Waals surface area contributed by atoms with E-state index >= 15 is 0 Å². The lowest BCUT2D eigenvalue weighted by Gasteiger charge is -2.10. The average molecular weight is 251 g/mol. The maximum Gasteiger partial charge on any atom is 0.417 e. The third-order valence-electron chi connectivity index (χ3n) is 3.13. The van der Waals surface area contributed by atoms with E-state index in [2.05, 4.69) is 9.90 Å². The molecule has 0 spiro atoms. The monoisotopic (exact) mass is 251 g/mol. The topological polar surface area (TPSA) is 26.5 Å². The van der Waals surface area contributed by atoms with E-state index in [1.54, 1.807) is 12.3 Å². The molecule has 3 rings (SSSR count). The van der Waals surface area contributed by atoms with Gasteiger partial charge in [0.15, 0.2) is 5.70 Å². The van der Waals surface area contributed by atoms with Crippen molar-refractivity contribution in [1.82, 2.24) is 0 Å². The second kappa shape index (κ2) is 3.82. The zero-order valence-electron chi connectivity index (χ0n) is 9.41. The molecular weight excluding hydrogens is 241 g/mol. The number of allylic oxidation sites excluding steroid dienone is 1. The second-order valence-electron chi connectivity index (χ2n) is 4.47. The first-order chi connectivity index (χ1) is 8.57. The van der Waals surface area contributed by atoms with Crippen molar-refractivity contribution < 1.29 is 18.0 Å². The third kappa shape index (κ3) is 1.87. The first-order valence-corrected chi connectivity index (χ1v) is 5.72. The Morgan fingerprint density at radius 1 is 1.17 bits per heavy atom. The Hall–Kier alpha value is -1.87. The fourth-order valence-corrected chi connectivity index (χ4v) is 2.11. The van der Waals surface area contributed by atoms with E-state index in [1.165, 1.54) is 12.1 Å². The van der Waals surface area contributed by atoms with Crippen molar-refractivity contribution in [2.24, 2.45) is 11.0 Å². The van der Waals surface area contributed by atoms with E-state index in [4.69, 9.17) is 0 Å². The van der Waals surface area contributed by atoms with Crippen LogP contribution in [0.25, 0.3) is 5.70 Å². The molecule has 18 heavy (non-hydrogen) atoms. The first-order valence-electron chi connectivity index (χ1n) is 5.72. The Balaban J connectivity index is 2.13. The Kier molecular flexibility index (Phi) is 2.38. The van der Waals surface area contributed by atoms with Gasteiger partial charge in [-0.25, -0.2) is 0 Å². The standard InChI is InChI=1S/C13H10F3N2/c14-13(15,16)11-4-2-1-3-9(11)12-10(7-17-18-12)8-5-6-8/h1-4,7-8H,5-6H2/q+1.